The number of nitrogens with zero attached hydrogens (tertiary/aromatic N) is 2. The number of aryl methyl sites for hydroxylation is 1. The van der Waals surface area contributed by atoms with Crippen molar-refractivity contribution in [2.45, 2.75) is 13.5 Å². The molecule has 1 aromatic heterocycles. The van der Waals surface area contributed by atoms with Gasteiger partial charge < -0.3 is 9.67 Å². The zero-order valence-corrected chi connectivity index (χ0v) is 8.01. The number of hydrogen-bond donors (Lipinski definition) is 1. The normalized spacial score (nSPS) is 10.4. The number of hydrogen-bond acceptors (Lipinski definition) is 2. The lowest BCUT2D eigenvalue weighted by molar-refractivity contribution is 0.281. The van der Waals surface area contributed by atoms with Crippen molar-refractivity contribution in [3.05, 3.63) is 48.0 Å². The fraction of sp³-hybridized carbons (Fsp3) is 0.182. The summed E-state index contributed by atoms with van der Waals surface area (Å²) in [7, 11) is 0. The highest BCUT2D eigenvalue weighted by Gasteiger charge is 1.99. The van der Waals surface area contributed by atoms with Gasteiger partial charge in [0.2, 0.25) is 0 Å². The third-order valence-electron chi connectivity index (χ3n) is 2.30. The number of imidazole rings is 1. The second kappa shape index (κ2) is 3.64. The summed E-state index contributed by atoms with van der Waals surface area (Å²) in [6, 6.07) is 5.94. The van der Waals surface area contributed by atoms with Crippen LogP contribution in [0.15, 0.2) is 36.9 Å². The van der Waals surface area contributed by atoms with E-state index in [1.165, 1.54) is 0 Å². The molecule has 0 aliphatic heterocycles. The van der Waals surface area contributed by atoms with Crippen LogP contribution in [0.5, 0.6) is 0 Å². The van der Waals surface area contributed by atoms with Gasteiger partial charge in [0.15, 0.2) is 0 Å². The van der Waals surface area contributed by atoms with E-state index in [9.17, 15) is 0 Å². The highest BCUT2D eigenvalue weighted by Crippen LogP contribution is 2.14. The van der Waals surface area contributed by atoms with Gasteiger partial charge in [-0.15, -0.1) is 0 Å². The van der Waals surface area contributed by atoms with Crippen LogP contribution in [0.2, 0.25) is 0 Å². The molecule has 3 nitrogen and oxygen atoms in total. The van der Waals surface area contributed by atoms with E-state index < -0.39 is 0 Å². The Hall–Kier alpha value is -1.61. The van der Waals surface area contributed by atoms with Crippen molar-refractivity contribution < 1.29 is 5.11 Å². The monoisotopic (exact) mass is 188 g/mol. The van der Waals surface area contributed by atoms with Gasteiger partial charge in [-0.25, -0.2) is 4.98 Å². The molecule has 0 spiro atoms. The fourth-order valence-electron chi connectivity index (χ4n) is 1.43. The first-order chi connectivity index (χ1) is 6.81. The van der Waals surface area contributed by atoms with E-state index >= 15 is 0 Å². The molecular weight excluding hydrogens is 176 g/mol. The minimum absolute atomic E-state index is 0.0933. The molecular formula is C11H12N2O. The van der Waals surface area contributed by atoms with E-state index in [-0.39, 0.29) is 6.61 Å². The first-order valence-electron chi connectivity index (χ1n) is 4.50. The Bertz CT molecular complexity index is 421. The van der Waals surface area contributed by atoms with Crippen LogP contribution < -0.4 is 0 Å². The number of benzene rings is 1. The molecule has 0 radical (unpaired) electrons. The van der Waals surface area contributed by atoms with Gasteiger partial charge in [0, 0.05) is 18.1 Å². The highest BCUT2D eigenvalue weighted by molar-refractivity contribution is 5.39. The number of rotatable bonds is 2. The largest absolute Gasteiger partial charge is 0.392 e. The van der Waals surface area contributed by atoms with Crippen molar-refractivity contribution in [1.82, 2.24) is 9.55 Å². The topological polar surface area (TPSA) is 38.0 Å². The van der Waals surface area contributed by atoms with Crippen LogP contribution in [0.1, 0.15) is 11.1 Å². The third-order valence-corrected chi connectivity index (χ3v) is 2.30. The first-order valence-corrected chi connectivity index (χ1v) is 4.50. The van der Waals surface area contributed by atoms with E-state index in [1.807, 2.05) is 35.9 Å². The Balaban J connectivity index is 2.43. The van der Waals surface area contributed by atoms with Crippen LogP contribution in [0.4, 0.5) is 0 Å². The van der Waals surface area contributed by atoms with Gasteiger partial charge in [-0.2, -0.15) is 0 Å². The smallest absolute Gasteiger partial charge is 0.0991 e. The maximum Gasteiger partial charge on any atom is 0.0991 e. The van der Waals surface area contributed by atoms with E-state index in [0.717, 1.165) is 16.8 Å². The average molecular weight is 188 g/mol. The molecule has 1 N–H and O–H groups in total. The Morgan fingerprint density at radius 3 is 2.86 bits per heavy atom. The van der Waals surface area contributed by atoms with Crippen LogP contribution >= 0.6 is 0 Å². The summed E-state index contributed by atoms with van der Waals surface area (Å²) < 4.78 is 1.94. The maximum absolute atomic E-state index is 9.02. The second-order valence-corrected chi connectivity index (χ2v) is 3.24. The standard InChI is InChI=1S/C11H12N2O/c1-9-6-11(3-2-10(9)7-14)13-5-4-12-8-13/h2-6,8,14H,7H2,1H3. The minimum Gasteiger partial charge on any atom is -0.392 e. The van der Waals surface area contributed by atoms with Gasteiger partial charge in [-0.05, 0) is 30.2 Å². The van der Waals surface area contributed by atoms with Crippen molar-refractivity contribution in [1.29, 1.82) is 0 Å². The van der Waals surface area contributed by atoms with Gasteiger partial charge in [0.25, 0.3) is 0 Å². The lowest BCUT2D eigenvalue weighted by atomic mass is 10.1. The van der Waals surface area contributed by atoms with Crippen LogP contribution in [0.3, 0.4) is 0 Å². The molecule has 0 aliphatic rings. The molecule has 0 aliphatic carbocycles. The van der Waals surface area contributed by atoms with Crippen LogP contribution in [0.25, 0.3) is 5.69 Å². The first kappa shape index (κ1) is 8.97. The van der Waals surface area contributed by atoms with E-state index in [1.54, 1.807) is 12.5 Å². The molecule has 1 aromatic carbocycles. The molecule has 2 aromatic rings. The fourth-order valence-corrected chi connectivity index (χ4v) is 1.43. The zero-order chi connectivity index (χ0) is 9.97. The van der Waals surface area contributed by atoms with E-state index in [4.69, 9.17) is 5.11 Å². The van der Waals surface area contributed by atoms with Crippen molar-refractivity contribution in [2.75, 3.05) is 0 Å². The highest BCUT2D eigenvalue weighted by atomic mass is 16.3. The lowest BCUT2D eigenvalue weighted by Gasteiger charge is -2.06. The number of aliphatic hydroxyl groups is 1. The molecule has 0 amide bonds. The summed E-state index contributed by atoms with van der Waals surface area (Å²) in [5.74, 6) is 0. The average Bonchev–Trinajstić information content (AvgIpc) is 2.70. The van der Waals surface area contributed by atoms with Crippen LogP contribution in [0, 0.1) is 6.92 Å². The van der Waals surface area contributed by atoms with Crippen molar-refractivity contribution in [2.24, 2.45) is 0 Å². The van der Waals surface area contributed by atoms with Gasteiger partial charge in [-0.3, -0.25) is 0 Å². The quantitative estimate of drug-likeness (QED) is 0.778. The molecule has 72 valence electrons. The molecule has 14 heavy (non-hydrogen) atoms. The SMILES string of the molecule is Cc1cc(-n2ccnc2)ccc1CO. The minimum atomic E-state index is 0.0933. The molecule has 0 bridgehead atoms. The van der Waals surface area contributed by atoms with Gasteiger partial charge in [0.05, 0.1) is 12.9 Å². The summed E-state index contributed by atoms with van der Waals surface area (Å²) >= 11 is 0. The zero-order valence-electron chi connectivity index (χ0n) is 8.01. The van der Waals surface area contributed by atoms with Crippen LogP contribution in [-0.4, -0.2) is 14.7 Å². The van der Waals surface area contributed by atoms with Crippen molar-refractivity contribution >= 4 is 0 Å². The summed E-state index contributed by atoms with van der Waals surface area (Å²) in [6.45, 7) is 2.09. The predicted octanol–water partition coefficient (Wildman–Crippen LogP) is 1.67. The van der Waals surface area contributed by atoms with Crippen molar-refractivity contribution in [3.8, 4) is 5.69 Å². The van der Waals surface area contributed by atoms with E-state index in [0.29, 0.717) is 0 Å². The summed E-state index contributed by atoms with van der Waals surface area (Å²) in [5, 5.41) is 9.02. The molecule has 0 atom stereocenters. The maximum atomic E-state index is 9.02. The second-order valence-electron chi connectivity index (χ2n) is 3.24. The van der Waals surface area contributed by atoms with E-state index in [2.05, 4.69) is 4.98 Å². The molecule has 0 saturated carbocycles. The number of aliphatic hydroxyl groups excluding tert-OH is 1. The van der Waals surface area contributed by atoms with Crippen molar-refractivity contribution in [3.63, 3.8) is 0 Å². The summed E-state index contributed by atoms with van der Waals surface area (Å²) in [5.41, 5.74) is 3.13. The molecule has 0 saturated heterocycles. The van der Waals surface area contributed by atoms with Crippen LogP contribution in [-0.2, 0) is 6.61 Å². The van der Waals surface area contributed by atoms with Gasteiger partial charge in [-0.1, -0.05) is 6.07 Å². The molecule has 0 fully saturated rings. The third kappa shape index (κ3) is 1.54. The summed E-state index contributed by atoms with van der Waals surface area (Å²) in [4.78, 5) is 3.98. The molecule has 2 rings (SSSR count). The Labute approximate surface area is 82.7 Å². The lowest BCUT2D eigenvalue weighted by Crippen LogP contribution is -1.94. The Kier molecular flexibility index (Phi) is 2.33. The summed E-state index contributed by atoms with van der Waals surface area (Å²) in [6.07, 6.45) is 5.40. The molecule has 3 heteroatoms. The Morgan fingerprint density at radius 1 is 1.43 bits per heavy atom. The molecule has 0 unspecified atom stereocenters. The number of aromatic nitrogens is 2. The Morgan fingerprint density at radius 2 is 2.29 bits per heavy atom. The predicted molar refractivity (Wildman–Crippen MR) is 54.2 cm³/mol. The van der Waals surface area contributed by atoms with Gasteiger partial charge in [0.1, 0.15) is 0 Å². The molecule has 1 heterocycles. The van der Waals surface area contributed by atoms with Gasteiger partial charge >= 0.3 is 0 Å².